The van der Waals surface area contributed by atoms with Crippen LogP contribution in [0.2, 0.25) is 0 Å². The van der Waals surface area contributed by atoms with Gasteiger partial charge < -0.3 is 0 Å². The number of benzene rings is 1. The Labute approximate surface area is 93.3 Å². The molecule has 0 saturated heterocycles. The van der Waals surface area contributed by atoms with Gasteiger partial charge in [-0.05, 0) is 50.3 Å². The Morgan fingerprint density at radius 3 is 2.47 bits per heavy atom. The van der Waals surface area contributed by atoms with Crippen molar-refractivity contribution in [2.45, 2.75) is 33.6 Å². The Morgan fingerprint density at radius 1 is 1.27 bits per heavy atom. The van der Waals surface area contributed by atoms with Crippen LogP contribution in [0.3, 0.4) is 0 Å². The van der Waals surface area contributed by atoms with Gasteiger partial charge in [0.25, 0.3) is 0 Å². The van der Waals surface area contributed by atoms with E-state index in [0.717, 1.165) is 12.8 Å². The maximum Gasteiger partial charge on any atom is -0.0198 e. The van der Waals surface area contributed by atoms with Crippen LogP contribution in [0, 0.1) is 6.92 Å². The summed E-state index contributed by atoms with van der Waals surface area (Å²) in [5.41, 5.74) is 5.41. The predicted molar refractivity (Wildman–Crippen MR) is 68.9 cm³/mol. The average molecular weight is 200 g/mol. The van der Waals surface area contributed by atoms with Crippen LogP contribution in [0.15, 0.2) is 42.5 Å². The molecule has 0 amide bonds. The van der Waals surface area contributed by atoms with Crippen LogP contribution in [0.5, 0.6) is 0 Å². The molecule has 0 N–H and O–H groups in total. The lowest BCUT2D eigenvalue weighted by atomic mass is 9.95. The van der Waals surface area contributed by atoms with E-state index in [-0.39, 0.29) is 0 Å². The number of aryl methyl sites for hydroxylation is 1. The van der Waals surface area contributed by atoms with E-state index in [9.17, 15) is 0 Å². The van der Waals surface area contributed by atoms with Gasteiger partial charge >= 0.3 is 0 Å². The largest absolute Gasteiger partial charge is 0.100 e. The van der Waals surface area contributed by atoms with Crippen LogP contribution in [-0.4, -0.2) is 0 Å². The fraction of sp³-hybridized carbons (Fsp3) is 0.333. The van der Waals surface area contributed by atoms with Crippen molar-refractivity contribution in [2.75, 3.05) is 0 Å². The quantitative estimate of drug-likeness (QED) is 0.615. The summed E-state index contributed by atoms with van der Waals surface area (Å²) in [6.07, 6.45) is 4.38. The first-order valence-electron chi connectivity index (χ1n) is 5.50. The topological polar surface area (TPSA) is 0 Å². The molecule has 0 aromatic heterocycles. The van der Waals surface area contributed by atoms with Crippen LogP contribution >= 0.6 is 0 Å². The fourth-order valence-corrected chi connectivity index (χ4v) is 1.72. The summed E-state index contributed by atoms with van der Waals surface area (Å²) in [6.45, 7) is 10.3. The minimum atomic E-state index is 1.08. The van der Waals surface area contributed by atoms with Crippen molar-refractivity contribution >= 4 is 5.57 Å². The highest BCUT2D eigenvalue weighted by Crippen LogP contribution is 2.24. The standard InChI is InChI=1S/C15H20/c1-5-14(11-10-12(2)3)15-9-7-6-8-13(15)4/h5-9H,2,10-11H2,1,3-4H3/b14-5-. The lowest BCUT2D eigenvalue weighted by Crippen LogP contribution is -1.89. The second kappa shape index (κ2) is 5.55. The molecule has 0 aliphatic heterocycles. The Morgan fingerprint density at radius 2 is 1.93 bits per heavy atom. The Hall–Kier alpha value is -1.30. The summed E-state index contributed by atoms with van der Waals surface area (Å²) in [7, 11) is 0. The van der Waals surface area contributed by atoms with Crippen molar-refractivity contribution in [3.63, 3.8) is 0 Å². The smallest absolute Gasteiger partial charge is 0.0198 e. The third-order valence-corrected chi connectivity index (χ3v) is 2.66. The van der Waals surface area contributed by atoms with Gasteiger partial charge in [0.1, 0.15) is 0 Å². The lowest BCUT2D eigenvalue weighted by Gasteiger charge is -2.10. The van der Waals surface area contributed by atoms with Gasteiger partial charge in [-0.2, -0.15) is 0 Å². The van der Waals surface area contributed by atoms with Crippen LogP contribution in [0.4, 0.5) is 0 Å². The van der Waals surface area contributed by atoms with E-state index in [1.54, 1.807) is 0 Å². The molecule has 0 aliphatic carbocycles. The summed E-state index contributed by atoms with van der Waals surface area (Å²) in [5, 5.41) is 0. The van der Waals surface area contributed by atoms with Crippen molar-refractivity contribution in [3.8, 4) is 0 Å². The molecule has 0 saturated carbocycles. The molecule has 15 heavy (non-hydrogen) atoms. The minimum Gasteiger partial charge on any atom is -0.100 e. The van der Waals surface area contributed by atoms with E-state index in [1.165, 1.54) is 22.3 Å². The van der Waals surface area contributed by atoms with Crippen LogP contribution in [0.25, 0.3) is 5.57 Å². The van der Waals surface area contributed by atoms with Crippen molar-refractivity contribution in [3.05, 3.63) is 53.6 Å². The SMILES string of the molecule is C=C(C)CC/C(=C/C)c1ccccc1C. The molecule has 1 aromatic rings. The molecule has 1 rings (SSSR count). The van der Waals surface area contributed by atoms with Gasteiger partial charge in [0, 0.05) is 0 Å². The van der Waals surface area contributed by atoms with Gasteiger partial charge in [-0.3, -0.25) is 0 Å². The molecule has 0 spiro atoms. The predicted octanol–water partition coefficient (Wildman–Crippen LogP) is 4.75. The summed E-state index contributed by atoms with van der Waals surface area (Å²) in [6, 6.07) is 8.56. The third kappa shape index (κ3) is 3.39. The lowest BCUT2D eigenvalue weighted by molar-refractivity contribution is 0.994. The highest BCUT2D eigenvalue weighted by molar-refractivity contribution is 5.68. The molecule has 1 aromatic carbocycles. The minimum absolute atomic E-state index is 1.08. The second-order valence-electron chi connectivity index (χ2n) is 4.09. The molecule has 0 unspecified atom stereocenters. The molecule has 0 heteroatoms. The van der Waals surface area contributed by atoms with Gasteiger partial charge in [0.05, 0.1) is 0 Å². The van der Waals surface area contributed by atoms with E-state index < -0.39 is 0 Å². The van der Waals surface area contributed by atoms with Gasteiger partial charge in [-0.1, -0.05) is 35.9 Å². The first-order chi connectivity index (χ1) is 7.15. The molecule has 0 nitrogen and oxygen atoms in total. The molecule has 0 heterocycles. The molecule has 0 fully saturated rings. The molecule has 0 bridgehead atoms. The molecule has 0 aliphatic rings. The van der Waals surface area contributed by atoms with E-state index in [4.69, 9.17) is 0 Å². The maximum absolute atomic E-state index is 3.95. The Bertz CT molecular complexity index is 369. The summed E-state index contributed by atoms with van der Waals surface area (Å²) >= 11 is 0. The number of rotatable bonds is 4. The van der Waals surface area contributed by atoms with Crippen molar-refractivity contribution in [1.82, 2.24) is 0 Å². The summed E-state index contributed by atoms with van der Waals surface area (Å²) in [5.74, 6) is 0. The monoisotopic (exact) mass is 200 g/mol. The molecule has 80 valence electrons. The van der Waals surface area contributed by atoms with Crippen LogP contribution in [-0.2, 0) is 0 Å². The molecule has 0 radical (unpaired) electrons. The average Bonchev–Trinajstić information content (AvgIpc) is 2.21. The molecular weight excluding hydrogens is 180 g/mol. The number of allylic oxidation sites excluding steroid dienone is 3. The summed E-state index contributed by atoms with van der Waals surface area (Å²) < 4.78 is 0. The zero-order valence-corrected chi connectivity index (χ0v) is 10.0. The fourth-order valence-electron chi connectivity index (χ4n) is 1.72. The summed E-state index contributed by atoms with van der Waals surface area (Å²) in [4.78, 5) is 0. The van der Waals surface area contributed by atoms with E-state index in [2.05, 4.69) is 57.7 Å². The second-order valence-corrected chi connectivity index (χ2v) is 4.09. The van der Waals surface area contributed by atoms with Crippen molar-refractivity contribution in [1.29, 1.82) is 0 Å². The van der Waals surface area contributed by atoms with E-state index >= 15 is 0 Å². The highest BCUT2D eigenvalue weighted by atomic mass is 14.1. The van der Waals surface area contributed by atoms with E-state index in [1.807, 2.05) is 0 Å². The zero-order valence-electron chi connectivity index (χ0n) is 10.0. The highest BCUT2D eigenvalue weighted by Gasteiger charge is 2.03. The van der Waals surface area contributed by atoms with Gasteiger partial charge in [-0.15, -0.1) is 6.58 Å². The zero-order chi connectivity index (χ0) is 11.3. The van der Waals surface area contributed by atoms with E-state index in [0.29, 0.717) is 0 Å². The Kier molecular flexibility index (Phi) is 4.36. The first kappa shape index (κ1) is 11.8. The first-order valence-corrected chi connectivity index (χ1v) is 5.50. The number of hydrogen-bond acceptors (Lipinski definition) is 0. The molecular formula is C15H20. The van der Waals surface area contributed by atoms with Crippen LogP contribution < -0.4 is 0 Å². The maximum atomic E-state index is 3.95. The van der Waals surface area contributed by atoms with Gasteiger partial charge in [-0.25, -0.2) is 0 Å². The third-order valence-electron chi connectivity index (χ3n) is 2.66. The normalized spacial score (nSPS) is 11.5. The van der Waals surface area contributed by atoms with Crippen molar-refractivity contribution < 1.29 is 0 Å². The molecule has 0 atom stereocenters. The van der Waals surface area contributed by atoms with Crippen molar-refractivity contribution in [2.24, 2.45) is 0 Å². The Balaban J connectivity index is 2.85. The van der Waals surface area contributed by atoms with Gasteiger partial charge in [0.15, 0.2) is 0 Å². The number of hydrogen-bond donors (Lipinski definition) is 0. The van der Waals surface area contributed by atoms with Gasteiger partial charge in [0.2, 0.25) is 0 Å². The van der Waals surface area contributed by atoms with Crippen LogP contribution in [0.1, 0.15) is 37.8 Å².